The minimum absolute atomic E-state index is 0.00514. The molecule has 1 amide bonds. The van der Waals surface area contributed by atoms with Crippen molar-refractivity contribution in [2.45, 2.75) is 131 Å². The third-order valence-electron chi connectivity index (χ3n) is 9.27. The second-order valence-corrected chi connectivity index (χ2v) is 13.0. The molecule has 14 atom stereocenters. The Balaban J connectivity index is 1.46. The third kappa shape index (κ3) is 8.39. The molecule has 0 aromatic rings. The van der Waals surface area contributed by atoms with Crippen molar-refractivity contribution in [2.24, 2.45) is 23.1 Å². The fraction of sp³-hybridized carbons (Fsp3) is 0.963. The number of carbonyl (C=O) groups is 1. The molecule has 0 aromatic carbocycles. The fourth-order valence-corrected chi connectivity index (χ4v) is 5.77. The van der Waals surface area contributed by atoms with E-state index in [2.05, 4.69) is 10.6 Å². The Morgan fingerprint density at radius 1 is 1.05 bits per heavy atom. The molecule has 0 aromatic heterocycles. The zero-order valence-electron chi connectivity index (χ0n) is 24.8. The van der Waals surface area contributed by atoms with E-state index in [9.17, 15) is 35.4 Å². The molecule has 2 heterocycles. The molecule has 4 fully saturated rings. The maximum absolute atomic E-state index is 12.7. The van der Waals surface area contributed by atoms with E-state index in [-0.39, 0.29) is 25.7 Å². The number of carbonyl (C=O) groups excluding carboxylic acids is 1. The van der Waals surface area contributed by atoms with Crippen molar-refractivity contribution in [3.8, 4) is 0 Å². The predicted molar refractivity (Wildman–Crippen MR) is 150 cm³/mol. The third-order valence-corrected chi connectivity index (χ3v) is 9.27. The molecule has 4 aliphatic rings. The maximum Gasteiger partial charge on any atom is 0.251 e. The van der Waals surface area contributed by atoms with Crippen LogP contribution >= 0.6 is 0 Å². The van der Waals surface area contributed by atoms with E-state index in [0.29, 0.717) is 25.9 Å². The van der Waals surface area contributed by atoms with Crippen molar-refractivity contribution in [3.05, 3.63) is 0 Å². The van der Waals surface area contributed by atoms with Crippen LogP contribution in [0.5, 0.6) is 0 Å². The van der Waals surface area contributed by atoms with Crippen LogP contribution in [0.25, 0.3) is 0 Å². The standard InChI is InChI=1S/C27H51N5O11/c1-12-18(34)25(40-11-26(12,2)38)43-22-16(32-23(37)19(35)17(33)8-28)7-15(30)21(20(22)36)42-24-14(29)4-3-13(41-24)9-31-10-27(39)5-6-27/h12-22,24-25,31,33-36,38-39H,3-11,28-30H2,1-2H3,(H,32,37)/t12-,13+,14?,15+,16-,17+,18?,19+,20?,21?,22?,24-,25-,26?/m1/s1. The first-order chi connectivity index (χ1) is 20.2. The average Bonchev–Trinajstić information content (AvgIpc) is 3.70. The van der Waals surface area contributed by atoms with E-state index in [0.717, 1.165) is 12.8 Å². The Labute approximate surface area is 251 Å². The first-order valence-electron chi connectivity index (χ1n) is 15.1. The zero-order chi connectivity index (χ0) is 31.7. The molecule has 43 heavy (non-hydrogen) atoms. The van der Waals surface area contributed by atoms with Crippen LogP contribution in [-0.2, 0) is 23.7 Å². The number of hydrogen-bond acceptors (Lipinski definition) is 15. The number of nitrogens with two attached hydrogens (primary N) is 3. The van der Waals surface area contributed by atoms with Crippen molar-refractivity contribution in [2.75, 3.05) is 26.2 Å². The SMILES string of the molecule is C[C@@H]1C(O)[C@@H](OC2C(O)C(O[C@H]3O[C@H](CNCC4(O)CC4)CCC3N)[C@@H](N)C[C@H]2NC(=O)[C@@H](O)[C@@H](O)CN)OCC1(C)O. The number of amides is 1. The highest BCUT2D eigenvalue weighted by molar-refractivity contribution is 5.81. The van der Waals surface area contributed by atoms with Gasteiger partial charge in [0.05, 0.1) is 36.0 Å². The Morgan fingerprint density at radius 2 is 1.72 bits per heavy atom. The van der Waals surface area contributed by atoms with Crippen LogP contribution in [0.1, 0.15) is 46.0 Å². The van der Waals surface area contributed by atoms with E-state index in [1.165, 1.54) is 6.92 Å². The van der Waals surface area contributed by atoms with Gasteiger partial charge in [0.15, 0.2) is 18.7 Å². The van der Waals surface area contributed by atoms with E-state index < -0.39 is 90.4 Å². The number of nitrogens with one attached hydrogen (secondary N) is 2. The van der Waals surface area contributed by atoms with E-state index in [1.807, 2.05) is 0 Å². The van der Waals surface area contributed by atoms with Crippen LogP contribution in [0.3, 0.4) is 0 Å². The van der Waals surface area contributed by atoms with Crippen LogP contribution in [0.4, 0.5) is 0 Å². The van der Waals surface area contributed by atoms with Gasteiger partial charge >= 0.3 is 0 Å². The van der Waals surface area contributed by atoms with E-state index >= 15 is 0 Å². The number of aliphatic hydroxyl groups excluding tert-OH is 4. The number of hydrogen-bond donors (Lipinski definition) is 11. The lowest BCUT2D eigenvalue weighted by atomic mass is 9.82. The van der Waals surface area contributed by atoms with Crippen molar-refractivity contribution in [1.29, 1.82) is 0 Å². The summed E-state index contributed by atoms with van der Waals surface area (Å²) in [5.74, 6) is -1.61. The molecular weight excluding hydrogens is 570 g/mol. The number of aliphatic hydroxyl groups is 6. The fourth-order valence-electron chi connectivity index (χ4n) is 5.77. The minimum atomic E-state index is -1.85. The quantitative estimate of drug-likeness (QED) is 0.0974. The lowest BCUT2D eigenvalue weighted by molar-refractivity contribution is -0.314. The summed E-state index contributed by atoms with van der Waals surface area (Å²) >= 11 is 0. The summed E-state index contributed by atoms with van der Waals surface area (Å²) in [6.07, 6.45) is -8.16. The molecule has 4 rings (SSSR count). The molecular formula is C27H51N5O11. The van der Waals surface area contributed by atoms with Gasteiger partial charge in [-0.05, 0) is 39.0 Å². The topological polar surface area (TPSA) is 277 Å². The molecule has 0 radical (unpaired) electrons. The summed E-state index contributed by atoms with van der Waals surface area (Å²) in [5, 5.41) is 68.8. The van der Waals surface area contributed by atoms with Crippen LogP contribution in [-0.4, -0.2) is 147 Å². The largest absolute Gasteiger partial charge is 0.389 e. The maximum atomic E-state index is 12.7. The monoisotopic (exact) mass is 621 g/mol. The van der Waals surface area contributed by atoms with Crippen molar-refractivity contribution < 1.29 is 54.4 Å². The highest BCUT2D eigenvalue weighted by Crippen LogP contribution is 2.35. The van der Waals surface area contributed by atoms with Gasteiger partial charge in [0.1, 0.15) is 30.5 Å². The van der Waals surface area contributed by atoms with Gasteiger partial charge in [0.25, 0.3) is 5.91 Å². The molecule has 2 saturated heterocycles. The molecule has 2 saturated carbocycles. The lowest BCUT2D eigenvalue weighted by Gasteiger charge is -2.48. The summed E-state index contributed by atoms with van der Waals surface area (Å²) < 4.78 is 23.9. The Hall–Kier alpha value is -1.09. The summed E-state index contributed by atoms with van der Waals surface area (Å²) in [6.45, 7) is 3.56. The van der Waals surface area contributed by atoms with Gasteiger partial charge in [-0.3, -0.25) is 4.79 Å². The number of rotatable bonds is 12. The van der Waals surface area contributed by atoms with Crippen LogP contribution in [0.15, 0.2) is 0 Å². The average molecular weight is 622 g/mol. The molecule has 16 nitrogen and oxygen atoms in total. The van der Waals surface area contributed by atoms with Gasteiger partial charge in [-0.2, -0.15) is 0 Å². The predicted octanol–water partition coefficient (Wildman–Crippen LogP) is -4.93. The first kappa shape index (κ1) is 34.8. The smallest absolute Gasteiger partial charge is 0.251 e. The van der Waals surface area contributed by atoms with Crippen LogP contribution in [0, 0.1) is 5.92 Å². The van der Waals surface area contributed by atoms with Crippen molar-refractivity contribution in [1.82, 2.24) is 10.6 Å². The van der Waals surface area contributed by atoms with Gasteiger partial charge in [-0.1, -0.05) is 6.92 Å². The lowest BCUT2D eigenvalue weighted by Crippen LogP contribution is -2.68. The summed E-state index contributed by atoms with van der Waals surface area (Å²) in [4.78, 5) is 12.7. The van der Waals surface area contributed by atoms with Gasteiger partial charge in [-0.15, -0.1) is 0 Å². The van der Waals surface area contributed by atoms with Gasteiger partial charge < -0.3 is 77.4 Å². The summed E-state index contributed by atoms with van der Waals surface area (Å²) in [7, 11) is 0. The van der Waals surface area contributed by atoms with Crippen LogP contribution < -0.4 is 27.8 Å². The molecule has 6 unspecified atom stereocenters. The molecule has 0 bridgehead atoms. The van der Waals surface area contributed by atoms with Crippen molar-refractivity contribution >= 4 is 5.91 Å². The Morgan fingerprint density at radius 3 is 2.37 bits per heavy atom. The van der Waals surface area contributed by atoms with Gasteiger partial charge in [0, 0.05) is 31.6 Å². The molecule has 0 spiro atoms. The molecule has 2 aliphatic heterocycles. The van der Waals surface area contributed by atoms with Gasteiger partial charge in [0.2, 0.25) is 0 Å². The highest BCUT2D eigenvalue weighted by Gasteiger charge is 2.51. The number of ether oxygens (including phenoxy) is 4. The van der Waals surface area contributed by atoms with Crippen LogP contribution in [0.2, 0.25) is 0 Å². The summed E-state index contributed by atoms with van der Waals surface area (Å²) in [5.41, 5.74) is 16.1. The Kier molecular flexibility index (Phi) is 11.4. The van der Waals surface area contributed by atoms with Crippen molar-refractivity contribution in [3.63, 3.8) is 0 Å². The molecule has 16 heteroatoms. The molecule has 14 N–H and O–H groups in total. The molecule has 250 valence electrons. The zero-order valence-corrected chi connectivity index (χ0v) is 24.8. The van der Waals surface area contributed by atoms with E-state index in [4.69, 9.17) is 36.1 Å². The van der Waals surface area contributed by atoms with Gasteiger partial charge in [-0.25, -0.2) is 0 Å². The van der Waals surface area contributed by atoms with E-state index in [1.54, 1.807) is 6.92 Å². The first-order valence-corrected chi connectivity index (χ1v) is 15.1. The summed E-state index contributed by atoms with van der Waals surface area (Å²) in [6, 6.07) is -2.37. The minimum Gasteiger partial charge on any atom is -0.389 e. The molecule has 2 aliphatic carbocycles. The normalized spacial score (nSPS) is 44.4. The second kappa shape index (κ2) is 14.1. The Bertz CT molecular complexity index is 930. The second-order valence-electron chi connectivity index (χ2n) is 13.0. The highest BCUT2D eigenvalue weighted by atomic mass is 16.7.